The normalized spacial score (nSPS) is 11.5. The molecule has 0 unspecified atom stereocenters. The van der Waals surface area contributed by atoms with E-state index in [1.54, 1.807) is 22.7 Å². The Morgan fingerprint density at radius 2 is 2.09 bits per heavy atom. The predicted octanol–water partition coefficient (Wildman–Crippen LogP) is 3.69. The third-order valence-electron chi connectivity index (χ3n) is 3.24. The Labute approximate surface area is 141 Å². The summed E-state index contributed by atoms with van der Waals surface area (Å²) in [5.41, 5.74) is 1.68. The second-order valence-corrected chi connectivity index (χ2v) is 6.77. The minimum Gasteiger partial charge on any atom is -0.296 e. The molecule has 0 atom stereocenters. The van der Waals surface area contributed by atoms with Gasteiger partial charge in [0.1, 0.15) is 0 Å². The minimum absolute atomic E-state index is 0.0563. The van der Waals surface area contributed by atoms with Gasteiger partial charge in [-0.2, -0.15) is 0 Å². The molecule has 0 amide bonds. The van der Waals surface area contributed by atoms with Crippen LogP contribution in [0.2, 0.25) is 10.0 Å². The van der Waals surface area contributed by atoms with Crippen molar-refractivity contribution >= 4 is 39.5 Å². The van der Waals surface area contributed by atoms with E-state index in [0.717, 1.165) is 11.3 Å². The third-order valence-corrected chi connectivity index (χ3v) is 4.59. The molecule has 2 heterocycles. The first kappa shape index (κ1) is 15.5. The quantitative estimate of drug-likeness (QED) is 0.717. The lowest BCUT2D eigenvalue weighted by atomic mass is 10.2. The zero-order chi connectivity index (χ0) is 15.7. The summed E-state index contributed by atoms with van der Waals surface area (Å²) in [5, 5.41) is 3.11. The summed E-state index contributed by atoms with van der Waals surface area (Å²) in [6.45, 7) is 1.23. The molecule has 0 saturated heterocycles. The number of nitrogens with zero attached hydrogens (tertiary/aromatic N) is 3. The van der Waals surface area contributed by atoms with Crippen molar-refractivity contribution in [1.82, 2.24) is 14.3 Å². The lowest BCUT2D eigenvalue weighted by molar-refractivity contribution is 0.315. The molecule has 0 spiro atoms. The van der Waals surface area contributed by atoms with E-state index in [4.69, 9.17) is 23.2 Å². The molecule has 0 aliphatic carbocycles. The van der Waals surface area contributed by atoms with Crippen molar-refractivity contribution in [3.8, 4) is 0 Å². The van der Waals surface area contributed by atoms with Gasteiger partial charge < -0.3 is 0 Å². The van der Waals surface area contributed by atoms with E-state index in [1.165, 1.54) is 11.3 Å². The van der Waals surface area contributed by atoms with Gasteiger partial charge in [0.05, 0.1) is 5.69 Å². The highest BCUT2D eigenvalue weighted by atomic mass is 35.5. The molecule has 0 aliphatic heterocycles. The fourth-order valence-electron chi connectivity index (χ4n) is 2.24. The molecule has 1 aromatic carbocycles. The summed E-state index contributed by atoms with van der Waals surface area (Å²) in [4.78, 5) is 19.2. The highest BCUT2D eigenvalue weighted by Crippen LogP contribution is 2.22. The summed E-state index contributed by atoms with van der Waals surface area (Å²) in [5.74, 6) is 0. The third kappa shape index (κ3) is 3.33. The van der Waals surface area contributed by atoms with Gasteiger partial charge in [-0.15, -0.1) is 11.3 Å². The summed E-state index contributed by atoms with van der Waals surface area (Å²) in [6.07, 6.45) is 1.73. The van der Waals surface area contributed by atoms with Gasteiger partial charge in [-0.25, -0.2) is 4.98 Å². The van der Waals surface area contributed by atoms with E-state index in [2.05, 4.69) is 9.88 Å². The molecule has 0 N–H and O–H groups in total. The van der Waals surface area contributed by atoms with Crippen LogP contribution in [0.15, 0.2) is 40.6 Å². The number of thiazole rings is 1. The highest BCUT2D eigenvalue weighted by Gasteiger charge is 2.09. The molecule has 22 heavy (non-hydrogen) atoms. The smallest absolute Gasteiger partial charge is 0.258 e. The molecule has 0 saturated carbocycles. The SMILES string of the molecule is CN(Cc1cc(=O)n2ccsc2n1)Cc1ccc(Cl)cc1Cl. The summed E-state index contributed by atoms with van der Waals surface area (Å²) in [6, 6.07) is 7.03. The topological polar surface area (TPSA) is 37.6 Å². The Morgan fingerprint density at radius 1 is 1.27 bits per heavy atom. The van der Waals surface area contributed by atoms with Gasteiger partial charge in [-0.3, -0.25) is 14.1 Å². The Balaban J connectivity index is 1.77. The maximum atomic E-state index is 12.0. The Kier molecular flexibility index (Phi) is 4.49. The minimum atomic E-state index is -0.0563. The first-order chi connectivity index (χ1) is 10.5. The van der Waals surface area contributed by atoms with E-state index in [1.807, 2.05) is 24.6 Å². The summed E-state index contributed by atoms with van der Waals surface area (Å²) < 4.78 is 1.55. The lowest BCUT2D eigenvalue weighted by Crippen LogP contribution is -2.21. The second-order valence-electron chi connectivity index (χ2n) is 5.05. The zero-order valence-electron chi connectivity index (χ0n) is 11.8. The average Bonchev–Trinajstić information content (AvgIpc) is 2.91. The lowest BCUT2D eigenvalue weighted by Gasteiger charge is -2.17. The van der Waals surface area contributed by atoms with Crippen LogP contribution >= 0.6 is 34.5 Å². The van der Waals surface area contributed by atoms with Crippen LogP contribution in [0.1, 0.15) is 11.3 Å². The van der Waals surface area contributed by atoms with Crippen LogP contribution in [0.25, 0.3) is 4.96 Å². The van der Waals surface area contributed by atoms with Crippen molar-refractivity contribution in [3.05, 3.63) is 67.5 Å². The molecule has 4 nitrogen and oxygen atoms in total. The summed E-state index contributed by atoms with van der Waals surface area (Å²) in [7, 11) is 1.96. The van der Waals surface area contributed by atoms with Gasteiger partial charge in [0.15, 0.2) is 4.96 Å². The van der Waals surface area contributed by atoms with Crippen molar-refractivity contribution in [2.75, 3.05) is 7.05 Å². The molecule has 0 fully saturated rings. The molecule has 3 rings (SSSR count). The number of halogens is 2. The van der Waals surface area contributed by atoms with Crippen LogP contribution in [0, 0.1) is 0 Å². The molecular weight excluding hydrogens is 341 g/mol. The number of hydrogen-bond donors (Lipinski definition) is 0. The van der Waals surface area contributed by atoms with Crippen molar-refractivity contribution < 1.29 is 0 Å². The second kappa shape index (κ2) is 6.38. The van der Waals surface area contributed by atoms with Crippen LogP contribution in [0.5, 0.6) is 0 Å². The molecule has 2 aromatic heterocycles. The molecule has 7 heteroatoms. The van der Waals surface area contributed by atoms with Gasteiger partial charge >= 0.3 is 0 Å². The van der Waals surface area contributed by atoms with Crippen molar-refractivity contribution in [2.24, 2.45) is 0 Å². The van der Waals surface area contributed by atoms with E-state index in [-0.39, 0.29) is 5.56 Å². The Hall–Kier alpha value is -1.40. The first-order valence-electron chi connectivity index (χ1n) is 6.61. The zero-order valence-corrected chi connectivity index (χ0v) is 14.1. The molecule has 0 aliphatic rings. The van der Waals surface area contributed by atoms with Crippen molar-refractivity contribution in [3.63, 3.8) is 0 Å². The number of hydrogen-bond acceptors (Lipinski definition) is 4. The number of fused-ring (bicyclic) bond motifs is 1. The van der Waals surface area contributed by atoms with Crippen LogP contribution in [-0.2, 0) is 13.1 Å². The average molecular weight is 354 g/mol. The van der Waals surface area contributed by atoms with Crippen molar-refractivity contribution in [2.45, 2.75) is 13.1 Å². The van der Waals surface area contributed by atoms with E-state index < -0.39 is 0 Å². The Bertz CT molecular complexity index is 875. The van der Waals surface area contributed by atoms with Crippen molar-refractivity contribution in [1.29, 1.82) is 0 Å². The van der Waals surface area contributed by atoms with Gasteiger partial charge in [-0.05, 0) is 24.7 Å². The first-order valence-corrected chi connectivity index (χ1v) is 8.25. The van der Waals surface area contributed by atoms with Crippen LogP contribution in [-0.4, -0.2) is 21.3 Å². The van der Waals surface area contributed by atoms with Crippen LogP contribution < -0.4 is 5.56 Å². The molecule has 114 valence electrons. The van der Waals surface area contributed by atoms with Gasteiger partial charge in [0.25, 0.3) is 5.56 Å². The molecular formula is C15H13Cl2N3OS. The van der Waals surface area contributed by atoms with E-state index >= 15 is 0 Å². The standard InChI is InChI=1S/C15H13Cl2N3OS/c1-19(8-10-2-3-11(16)6-13(10)17)9-12-7-14(21)20-4-5-22-15(20)18-12/h2-7H,8-9H2,1H3. The number of rotatable bonds is 4. The monoisotopic (exact) mass is 353 g/mol. The highest BCUT2D eigenvalue weighted by molar-refractivity contribution is 7.15. The molecule has 0 radical (unpaired) electrons. The summed E-state index contributed by atoms with van der Waals surface area (Å²) >= 11 is 13.5. The van der Waals surface area contributed by atoms with Gasteiger partial charge in [-0.1, -0.05) is 29.3 Å². The van der Waals surface area contributed by atoms with Gasteiger partial charge in [0, 0.05) is 40.8 Å². The number of benzene rings is 1. The maximum Gasteiger partial charge on any atom is 0.258 e. The Morgan fingerprint density at radius 3 is 2.86 bits per heavy atom. The van der Waals surface area contributed by atoms with E-state index in [0.29, 0.717) is 28.1 Å². The number of aromatic nitrogens is 2. The van der Waals surface area contributed by atoms with Gasteiger partial charge in [0.2, 0.25) is 0 Å². The van der Waals surface area contributed by atoms with Crippen LogP contribution in [0.3, 0.4) is 0 Å². The fourth-order valence-corrected chi connectivity index (χ4v) is 3.45. The molecule has 0 bridgehead atoms. The van der Waals surface area contributed by atoms with E-state index in [9.17, 15) is 4.79 Å². The molecule has 3 aromatic rings. The maximum absolute atomic E-state index is 12.0. The van der Waals surface area contributed by atoms with Crippen LogP contribution in [0.4, 0.5) is 0 Å². The fraction of sp³-hybridized carbons (Fsp3) is 0.200. The largest absolute Gasteiger partial charge is 0.296 e. The predicted molar refractivity (Wildman–Crippen MR) is 91.0 cm³/mol.